The van der Waals surface area contributed by atoms with Crippen LogP contribution in [0.4, 0.5) is 5.69 Å². The molecular weight excluding hydrogens is 362 g/mol. The van der Waals surface area contributed by atoms with Gasteiger partial charge in [0.25, 0.3) is 11.8 Å². The van der Waals surface area contributed by atoms with Gasteiger partial charge in [0.15, 0.2) is 0 Å². The van der Waals surface area contributed by atoms with Crippen LogP contribution >= 0.6 is 0 Å². The molecule has 0 unspecified atom stereocenters. The third-order valence-electron chi connectivity index (χ3n) is 5.72. The molecule has 0 aliphatic carbocycles. The SMILES string of the molecule is CCN1CCN(C2=C(c3ccccc3)C(=O)N(c3cc(C)cc(C)c3)C2=O)CC1. The van der Waals surface area contributed by atoms with E-state index >= 15 is 0 Å². The molecule has 0 spiro atoms. The lowest BCUT2D eigenvalue weighted by Crippen LogP contribution is -2.47. The molecule has 0 N–H and O–H groups in total. The van der Waals surface area contributed by atoms with Crippen molar-refractivity contribution in [2.75, 3.05) is 37.6 Å². The number of rotatable bonds is 4. The summed E-state index contributed by atoms with van der Waals surface area (Å²) in [5.74, 6) is -0.456. The number of carbonyl (C=O) groups excluding carboxylic acids is 2. The van der Waals surface area contributed by atoms with Crippen LogP contribution in [0.15, 0.2) is 54.2 Å². The van der Waals surface area contributed by atoms with Gasteiger partial charge in [0.05, 0.1) is 11.3 Å². The summed E-state index contributed by atoms with van der Waals surface area (Å²) in [6.07, 6.45) is 0. The number of anilines is 1. The Bertz CT molecular complexity index is 953. The number of nitrogens with zero attached hydrogens (tertiary/aromatic N) is 3. The second-order valence-electron chi connectivity index (χ2n) is 7.80. The minimum Gasteiger partial charge on any atom is -0.364 e. The lowest BCUT2D eigenvalue weighted by molar-refractivity contribution is -0.120. The lowest BCUT2D eigenvalue weighted by atomic mass is 10.0. The van der Waals surface area contributed by atoms with Crippen molar-refractivity contribution in [2.24, 2.45) is 0 Å². The van der Waals surface area contributed by atoms with Crippen LogP contribution in [-0.4, -0.2) is 54.3 Å². The average Bonchev–Trinajstić information content (AvgIpc) is 2.98. The second kappa shape index (κ2) is 7.84. The van der Waals surface area contributed by atoms with E-state index in [9.17, 15) is 9.59 Å². The van der Waals surface area contributed by atoms with E-state index in [1.807, 2.05) is 62.4 Å². The van der Waals surface area contributed by atoms with Gasteiger partial charge >= 0.3 is 0 Å². The van der Waals surface area contributed by atoms with Crippen molar-refractivity contribution >= 4 is 23.1 Å². The van der Waals surface area contributed by atoms with Crippen LogP contribution < -0.4 is 4.90 Å². The van der Waals surface area contributed by atoms with E-state index < -0.39 is 0 Å². The Labute approximate surface area is 172 Å². The maximum Gasteiger partial charge on any atom is 0.282 e. The number of aryl methyl sites for hydroxylation is 2. The van der Waals surface area contributed by atoms with E-state index in [1.54, 1.807) is 0 Å². The highest BCUT2D eigenvalue weighted by atomic mass is 16.2. The zero-order valence-corrected chi connectivity index (χ0v) is 17.3. The minimum absolute atomic E-state index is 0.219. The molecular formula is C24H27N3O2. The Hall–Kier alpha value is -2.92. The molecule has 2 aliphatic rings. The van der Waals surface area contributed by atoms with Gasteiger partial charge in [0.2, 0.25) is 0 Å². The minimum atomic E-state index is -0.237. The highest BCUT2D eigenvalue weighted by Gasteiger charge is 2.43. The predicted octanol–water partition coefficient (Wildman–Crippen LogP) is 3.23. The Morgan fingerprint density at radius 2 is 1.45 bits per heavy atom. The first-order chi connectivity index (χ1) is 14.0. The third-order valence-corrected chi connectivity index (χ3v) is 5.72. The summed E-state index contributed by atoms with van der Waals surface area (Å²) >= 11 is 0. The average molecular weight is 389 g/mol. The Kier molecular flexibility index (Phi) is 5.24. The van der Waals surface area contributed by atoms with Crippen LogP contribution in [0.1, 0.15) is 23.6 Å². The van der Waals surface area contributed by atoms with E-state index in [1.165, 1.54) is 4.90 Å². The van der Waals surface area contributed by atoms with E-state index in [-0.39, 0.29) is 11.8 Å². The highest BCUT2D eigenvalue weighted by molar-refractivity contribution is 6.45. The second-order valence-corrected chi connectivity index (χ2v) is 7.80. The van der Waals surface area contributed by atoms with Crippen LogP contribution in [-0.2, 0) is 9.59 Å². The maximum absolute atomic E-state index is 13.6. The number of benzene rings is 2. The first kappa shape index (κ1) is 19.4. The first-order valence-electron chi connectivity index (χ1n) is 10.2. The highest BCUT2D eigenvalue weighted by Crippen LogP contribution is 2.35. The van der Waals surface area contributed by atoms with Crippen molar-refractivity contribution in [1.82, 2.24) is 9.80 Å². The fourth-order valence-electron chi connectivity index (χ4n) is 4.28. The molecule has 0 bridgehead atoms. The number of hydrogen-bond donors (Lipinski definition) is 0. The van der Waals surface area contributed by atoms with Crippen LogP contribution in [0, 0.1) is 13.8 Å². The number of imide groups is 1. The van der Waals surface area contributed by atoms with Crippen molar-refractivity contribution in [1.29, 1.82) is 0 Å². The largest absolute Gasteiger partial charge is 0.364 e. The standard InChI is InChI=1S/C24H27N3O2/c1-4-25-10-12-26(13-11-25)22-21(19-8-6-5-7-9-19)23(28)27(24(22)29)20-15-17(2)14-18(3)16-20/h5-9,14-16H,4,10-13H2,1-3H3. The molecule has 0 atom stereocenters. The molecule has 2 aromatic rings. The molecule has 0 radical (unpaired) electrons. The van der Waals surface area contributed by atoms with Crippen LogP contribution in [0.5, 0.6) is 0 Å². The van der Waals surface area contributed by atoms with Gasteiger partial charge < -0.3 is 9.80 Å². The van der Waals surface area contributed by atoms with Crippen molar-refractivity contribution in [2.45, 2.75) is 20.8 Å². The molecule has 0 aromatic heterocycles. The zero-order chi connectivity index (χ0) is 20.5. The van der Waals surface area contributed by atoms with Crippen LogP contribution in [0.25, 0.3) is 5.57 Å². The van der Waals surface area contributed by atoms with Gasteiger partial charge in [-0.05, 0) is 49.2 Å². The molecule has 2 aliphatic heterocycles. The summed E-state index contributed by atoms with van der Waals surface area (Å²) in [7, 11) is 0. The summed E-state index contributed by atoms with van der Waals surface area (Å²) in [6.45, 7) is 10.4. The molecule has 4 rings (SSSR count). The quantitative estimate of drug-likeness (QED) is 0.753. The van der Waals surface area contributed by atoms with Gasteiger partial charge in [-0.2, -0.15) is 0 Å². The van der Waals surface area contributed by atoms with Crippen LogP contribution in [0.3, 0.4) is 0 Å². The first-order valence-corrected chi connectivity index (χ1v) is 10.2. The molecule has 2 aromatic carbocycles. The van der Waals surface area contributed by atoms with Crippen molar-refractivity contribution in [3.05, 3.63) is 70.9 Å². The molecule has 150 valence electrons. The van der Waals surface area contributed by atoms with E-state index in [4.69, 9.17) is 0 Å². The lowest BCUT2D eigenvalue weighted by Gasteiger charge is -2.36. The van der Waals surface area contributed by atoms with Gasteiger partial charge in [-0.15, -0.1) is 0 Å². The number of amides is 2. The van der Waals surface area contributed by atoms with Gasteiger partial charge in [0.1, 0.15) is 5.70 Å². The van der Waals surface area contributed by atoms with Gasteiger partial charge in [-0.3, -0.25) is 9.59 Å². The fourth-order valence-corrected chi connectivity index (χ4v) is 4.28. The normalized spacial score (nSPS) is 18.2. The number of hydrogen-bond acceptors (Lipinski definition) is 4. The summed E-state index contributed by atoms with van der Waals surface area (Å²) in [6, 6.07) is 15.4. The van der Waals surface area contributed by atoms with E-state index in [0.29, 0.717) is 17.0 Å². The Balaban J connectivity index is 1.78. The monoisotopic (exact) mass is 389 g/mol. The van der Waals surface area contributed by atoms with Crippen molar-refractivity contribution < 1.29 is 9.59 Å². The van der Waals surface area contributed by atoms with Crippen molar-refractivity contribution in [3.8, 4) is 0 Å². The number of likely N-dealkylation sites (N-methyl/N-ethyl adjacent to an activating group) is 1. The topological polar surface area (TPSA) is 43.9 Å². The van der Waals surface area contributed by atoms with Gasteiger partial charge in [0, 0.05) is 26.2 Å². The Morgan fingerprint density at radius 1 is 0.828 bits per heavy atom. The molecule has 5 nitrogen and oxygen atoms in total. The predicted molar refractivity (Wildman–Crippen MR) is 115 cm³/mol. The molecule has 2 heterocycles. The molecule has 29 heavy (non-hydrogen) atoms. The number of carbonyl (C=O) groups is 2. The summed E-state index contributed by atoms with van der Waals surface area (Å²) in [4.78, 5) is 32.9. The third kappa shape index (κ3) is 3.58. The van der Waals surface area contributed by atoms with Crippen molar-refractivity contribution in [3.63, 3.8) is 0 Å². The zero-order valence-electron chi connectivity index (χ0n) is 17.3. The van der Waals surface area contributed by atoms with Crippen LogP contribution in [0.2, 0.25) is 0 Å². The Morgan fingerprint density at radius 3 is 2.03 bits per heavy atom. The van der Waals surface area contributed by atoms with Gasteiger partial charge in [-0.1, -0.05) is 43.3 Å². The summed E-state index contributed by atoms with van der Waals surface area (Å²) in [5, 5.41) is 0. The smallest absolute Gasteiger partial charge is 0.282 e. The summed E-state index contributed by atoms with van der Waals surface area (Å²) in [5.41, 5.74) is 4.56. The molecule has 2 amide bonds. The summed E-state index contributed by atoms with van der Waals surface area (Å²) < 4.78 is 0. The van der Waals surface area contributed by atoms with E-state index in [2.05, 4.69) is 16.7 Å². The fraction of sp³-hybridized carbons (Fsp3) is 0.333. The molecule has 0 saturated carbocycles. The molecule has 1 saturated heterocycles. The molecule has 1 fully saturated rings. The van der Waals surface area contributed by atoms with Gasteiger partial charge in [-0.25, -0.2) is 4.90 Å². The number of piperazine rings is 1. The van der Waals surface area contributed by atoms with E-state index in [0.717, 1.165) is 49.4 Å². The molecule has 5 heteroatoms. The maximum atomic E-state index is 13.6.